The lowest BCUT2D eigenvalue weighted by atomic mass is 10.2. The second-order valence-electron chi connectivity index (χ2n) is 4.48. The van der Waals surface area contributed by atoms with Crippen molar-refractivity contribution >= 4 is 16.9 Å². The Bertz CT molecular complexity index is 555. The predicted molar refractivity (Wildman–Crippen MR) is 65.7 cm³/mol. The van der Waals surface area contributed by atoms with Gasteiger partial charge in [0.15, 0.2) is 0 Å². The fourth-order valence-corrected chi connectivity index (χ4v) is 2.21. The van der Waals surface area contributed by atoms with Gasteiger partial charge in [-0.3, -0.25) is 0 Å². The molecule has 1 heterocycles. The van der Waals surface area contributed by atoms with E-state index in [1.165, 1.54) is 22.2 Å². The first kappa shape index (κ1) is 11.7. The molecule has 0 saturated heterocycles. The van der Waals surface area contributed by atoms with Crippen molar-refractivity contribution in [3.63, 3.8) is 0 Å². The number of carbonyl (C=O) groups is 1. The highest BCUT2D eigenvalue weighted by atomic mass is 16.4. The number of benzene rings is 1. The molecule has 3 nitrogen and oxygen atoms in total. The fraction of sp³-hybridized carbons (Fsp3) is 0.357. The van der Waals surface area contributed by atoms with Gasteiger partial charge in [-0.1, -0.05) is 11.6 Å². The number of aromatic nitrogens is 1. The minimum absolute atomic E-state index is 0.116. The molecule has 0 radical (unpaired) electrons. The summed E-state index contributed by atoms with van der Waals surface area (Å²) in [6.07, 6.45) is 0.728. The van der Waals surface area contributed by atoms with Crippen LogP contribution >= 0.6 is 0 Å². The van der Waals surface area contributed by atoms with Crippen molar-refractivity contribution in [2.45, 2.75) is 33.2 Å². The molecule has 0 aliphatic carbocycles. The normalized spacial score (nSPS) is 10.9. The van der Waals surface area contributed by atoms with E-state index in [4.69, 9.17) is 0 Å². The standard InChI is InChI=1S/C14H17NO2/c1-10-5-6-13-12(8-10)9-11(2)15(13)7-3-4-14(16)17/h5-6,8-9H,3-4,7H2,1-2H3,(H,16,17)/p-1. The Morgan fingerprint density at radius 2 is 2.06 bits per heavy atom. The summed E-state index contributed by atoms with van der Waals surface area (Å²) in [7, 11) is 0. The summed E-state index contributed by atoms with van der Waals surface area (Å²) in [6.45, 7) is 4.85. The van der Waals surface area contributed by atoms with Crippen LogP contribution in [0.25, 0.3) is 10.9 Å². The number of hydrogen-bond acceptors (Lipinski definition) is 2. The summed E-state index contributed by atoms with van der Waals surface area (Å²) in [4.78, 5) is 10.4. The Balaban J connectivity index is 2.27. The van der Waals surface area contributed by atoms with Gasteiger partial charge in [-0.25, -0.2) is 0 Å². The number of carboxylic acids is 1. The zero-order valence-electron chi connectivity index (χ0n) is 10.2. The van der Waals surface area contributed by atoms with Gasteiger partial charge in [-0.2, -0.15) is 0 Å². The minimum atomic E-state index is -0.977. The quantitative estimate of drug-likeness (QED) is 0.803. The van der Waals surface area contributed by atoms with Crippen molar-refractivity contribution in [3.8, 4) is 0 Å². The van der Waals surface area contributed by atoms with E-state index in [0.29, 0.717) is 6.42 Å². The molecule has 0 unspecified atom stereocenters. The molecule has 3 heteroatoms. The van der Waals surface area contributed by atoms with Crippen molar-refractivity contribution in [3.05, 3.63) is 35.5 Å². The highest BCUT2D eigenvalue weighted by Gasteiger charge is 2.05. The molecule has 90 valence electrons. The number of nitrogens with zero attached hydrogens (tertiary/aromatic N) is 1. The first-order chi connectivity index (χ1) is 8.08. The van der Waals surface area contributed by atoms with Crippen LogP contribution in [0.2, 0.25) is 0 Å². The van der Waals surface area contributed by atoms with Crippen molar-refractivity contribution in [2.24, 2.45) is 0 Å². The van der Waals surface area contributed by atoms with Crippen molar-refractivity contribution in [1.82, 2.24) is 4.57 Å². The van der Waals surface area contributed by atoms with E-state index in [-0.39, 0.29) is 6.42 Å². The first-order valence-electron chi connectivity index (χ1n) is 5.84. The largest absolute Gasteiger partial charge is 0.550 e. The van der Waals surface area contributed by atoms with Crippen LogP contribution in [0.5, 0.6) is 0 Å². The zero-order chi connectivity index (χ0) is 12.4. The molecule has 0 fully saturated rings. The van der Waals surface area contributed by atoms with E-state index in [0.717, 1.165) is 6.54 Å². The maximum absolute atomic E-state index is 10.4. The lowest BCUT2D eigenvalue weighted by Gasteiger charge is -2.08. The maximum Gasteiger partial charge on any atom is 0.0482 e. The van der Waals surface area contributed by atoms with Crippen LogP contribution in [-0.4, -0.2) is 10.5 Å². The summed E-state index contributed by atoms with van der Waals surface area (Å²) < 4.78 is 2.16. The Hall–Kier alpha value is -1.77. The van der Waals surface area contributed by atoms with Gasteiger partial charge in [0.25, 0.3) is 0 Å². The zero-order valence-corrected chi connectivity index (χ0v) is 10.2. The Kier molecular flexibility index (Phi) is 3.18. The van der Waals surface area contributed by atoms with E-state index in [1.807, 2.05) is 6.92 Å². The number of hydrogen-bond donors (Lipinski definition) is 0. The van der Waals surface area contributed by atoms with Gasteiger partial charge in [0.2, 0.25) is 0 Å². The molecule has 2 rings (SSSR count). The third-order valence-corrected chi connectivity index (χ3v) is 3.03. The molecule has 0 atom stereocenters. The van der Waals surface area contributed by atoms with Crippen LogP contribution in [-0.2, 0) is 11.3 Å². The van der Waals surface area contributed by atoms with Gasteiger partial charge in [-0.15, -0.1) is 0 Å². The second kappa shape index (κ2) is 4.62. The summed E-state index contributed by atoms with van der Waals surface area (Å²) in [5.41, 5.74) is 3.58. The highest BCUT2D eigenvalue weighted by molar-refractivity contribution is 5.82. The van der Waals surface area contributed by atoms with Crippen LogP contribution in [0.1, 0.15) is 24.1 Å². The summed E-state index contributed by atoms with van der Waals surface area (Å²) >= 11 is 0. The molecule has 2 aromatic rings. The average molecular weight is 230 g/mol. The molecule has 0 spiro atoms. The monoisotopic (exact) mass is 230 g/mol. The van der Waals surface area contributed by atoms with Gasteiger partial charge in [0, 0.05) is 29.1 Å². The molecule has 0 aliphatic rings. The SMILES string of the molecule is Cc1ccc2c(c1)cc(C)n2CCCC(=O)[O-]. The second-order valence-corrected chi connectivity index (χ2v) is 4.48. The Morgan fingerprint density at radius 1 is 1.29 bits per heavy atom. The molecular weight excluding hydrogens is 214 g/mol. The lowest BCUT2D eigenvalue weighted by molar-refractivity contribution is -0.305. The topological polar surface area (TPSA) is 45.1 Å². The van der Waals surface area contributed by atoms with E-state index >= 15 is 0 Å². The van der Waals surface area contributed by atoms with Crippen LogP contribution in [0.3, 0.4) is 0 Å². The number of rotatable bonds is 4. The molecule has 0 bridgehead atoms. The summed E-state index contributed by atoms with van der Waals surface area (Å²) in [6, 6.07) is 8.46. The maximum atomic E-state index is 10.4. The van der Waals surface area contributed by atoms with E-state index in [2.05, 4.69) is 35.8 Å². The smallest absolute Gasteiger partial charge is 0.0482 e. The van der Waals surface area contributed by atoms with Gasteiger partial charge in [0.1, 0.15) is 0 Å². The lowest BCUT2D eigenvalue weighted by Crippen LogP contribution is -2.22. The van der Waals surface area contributed by atoms with Crippen LogP contribution in [0, 0.1) is 13.8 Å². The number of aliphatic carboxylic acids is 1. The van der Waals surface area contributed by atoms with Gasteiger partial charge in [0.05, 0.1) is 0 Å². The molecule has 0 amide bonds. The molecular formula is C14H16NO2-. The minimum Gasteiger partial charge on any atom is -0.550 e. The van der Waals surface area contributed by atoms with Gasteiger partial charge in [-0.05, 0) is 44.9 Å². The van der Waals surface area contributed by atoms with Crippen LogP contribution < -0.4 is 5.11 Å². The fourth-order valence-electron chi connectivity index (χ4n) is 2.21. The number of fused-ring (bicyclic) bond motifs is 1. The molecule has 0 saturated carbocycles. The van der Waals surface area contributed by atoms with Crippen LogP contribution in [0.4, 0.5) is 0 Å². The van der Waals surface area contributed by atoms with Crippen molar-refractivity contribution in [2.75, 3.05) is 0 Å². The van der Waals surface area contributed by atoms with Crippen LogP contribution in [0.15, 0.2) is 24.3 Å². The molecule has 17 heavy (non-hydrogen) atoms. The number of carboxylic acid groups (broad SMARTS) is 1. The summed E-state index contributed by atoms with van der Waals surface area (Å²) in [5, 5.41) is 11.6. The Labute approximate surface area is 101 Å². The van der Waals surface area contributed by atoms with Gasteiger partial charge < -0.3 is 14.5 Å². The third-order valence-electron chi connectivity index (χ3n) is 3.03. The molecule has 0 N–H and O–H groups in total. The third kappa shape index (κ3) is 2.49. The highest BCUT2D eigenvalue weighted by Crippen LogP contribution is 2.21. The van der Waals surface area contributed by atoms with E-state index in [9.17, 15) is 9.90 Å². The van der Waals surface area contributed by atoms with E-state index < -0.39 is 5.97 Å². The van der Waals surface area contributed by atoms with Crippen molar-refractivity contribution in [1.29, 1.82) is 0 Å². The average Bonchev–Trinajstić information content (AvgIpc) is 2.54. The van der Waals surface area contributed by atoms with Gasteiger partial charge >= 0.3 is 0 Å². The van der Waals surface area contributed by atoms with Crippen molar-refractivity contribution < 1.29 is 9.90 Å². The number of carbonyl (C=O) groups excluding carboxylic acids is 1. The molecule has 0 aliphatic heterocycles. The predicted octanol–water partition coefficient (Wildman–Crippen LogP) is 1.79. The first-order valence-corrected chi connectivity index (χ1v) is 5.84. The summed E-state index contributed by atoms with van der Waals surface area (Å²) in [5.74, 6) is -0.977. The number of aryl methyl sites for hydroxylation is 3. The van der Waals surface area contributed by atoms with E-state index in [1.54, 1.807) is 0 Å². The molecule has 1 aromatic carbocycles. The Morgan fingerprint density at radius 3 is 2.76 bits per heavy atom. The molecule has 1 aromatic heterocycles.